The Labute approximate surface area is 240 Å². The van der Waals surface area contributed by atoms with Gasteiger partial charge in [-0.05, 0) is 67.1 Å². The molecular formula is C33H37N3O5. The minimum absolute atomic E-state index is 0.102. The molecule has 1 atom stereocenters. The number of para-hydroxylation sites is 2. The lowest BCUT2D eigenvalue weighted by atomic mass is 10.0. The van der Waals surface area contributed by atoms with Crippen molar-refractivity contribution in [3.63, 3.8) is 0 Å². The molecule has 1 unspecified atom stereocenters. The predicted molar refractivity (Wildman–Crippen MR) is 159 cm³/mol. The van der Waals surface area contributed by atoms with Gasteiger partial charge in [-0.3, -0.25) is 9.59 Å². The number of aryl methyl sites for hydroxylation is 2. The second-order valence-corrected chi connectivity index (χ2v) is 10.1. The van der Waals surface area contributed by atoms with Crippen LogP contribution in [-0.2, 0) is 33.6 Å². The highest BCUT2D eigenvalue weighted by molar-refractivity contribution is 5.83. The number of nitrogens with one attached hydrogen (secondary N) is 3. The van der Waals surface area contributed by atoms with Gasteiger partial charge >= 0.3 is 0 Å². The lowest BCUT2D eigenvalue weighted by Crippen LogP contribution is -2.46. The van der Waals surface area contributed by atoms with Gasteiger partial charge in [0.15, 0.2) is 6.61 Å². The Morgan fingerprint density at radius 3 is 2.39 bits per heavy atom. The van der Waals surface area contributed by atoms with Gasteiger partial charge in [-0.2, -0.15) is 0 Å². The van der Waals surface area contributed by atoms with Crippen molar-refractivity contribution in [1.82, 2.24) is 15.6 Å². The summed E-state index contributed by atoms with van der Waals surface area (Å²) in [5.41, 5.74) is 4.08. The van der Waals surface area contributed by atoms with E-state index in [-0.39, 0.29) is 36.8 Å². The maximum atomic E-state index is 12.9. The Hall–Kier alpha value is -4.59. The normalized spacial score (nSPS) is 11.6. The molecule has 0 saturated heterocycles. The number of ether oxygens (including phenoxy) is 2. The molecule has 0 aliphatic rings. The number of carbonyl (C=O) groups is 3. The van der Waals surface area contributed by atoms with E-state index in [9.17, 15) is 14.4 Å². The minimum Gasteiger partial charge on any atom is -0.496 e. The molecule has 41 heavy (non-hydrogen) atoms. The van der Waals surface area contributed by atoms with Gasteiger partial charge in [0.05, 0.1) is 13.2 Å². The number of Topliss-reactive ketones (excluding diaryl/α,β-unsaturated/α-hetero) is 1. The number of aromatic amines is 1. The van der Waals surface area contributed by atoms with Crippen molar-refractivity contribution < 1.29 is 23.9 Å². The molecule has 0 radical (unpaired) electrons. The smallest absolute Gasteiger partial charge is 0.258 e. The summed E-state index contributed by atoms with van der Waals surface area (Å²) in [5.74, 6) is 1.10. The van der Waals surface area contributed by atoms with E-state index in [0.29, 0.717) is 37.9 Å². The maximum Gasteiger partial charge on any atom is 0.258 e. The molecule has 4 rings (SSSR count). The number of carbonyl (C=O) groups excluding carboxylic acids is 3. The molecule has 1 heterocycles. The molecule has 0 saturated carbocycles. The second-order valence-electron chi connectivity index (χ2n) is 10.1. The summed E-state index contributed by atoms with van der Waals surface area (Å²) in [6, 6.07) is 22.7. The molecule has 0 bridgehead atoms. The first-order valence-electron chi connectivity index (χ1n) is 13.9. The zero-order valence-corrected chi connectivity index (χ0v) is 23.6. The van der Waals surface area contributed by atoms with Gasteiger partial charge in [-0.15, -0.1) is 0 Å². The predicted octanol–water partition coefficient (Wildman–Crippen LogP) is 4.55. The first-order valence-corrected chi connectivity index (χ1v) is 13.9. The van der Waals surface area contributed by atoms with Gasteiger partial charge < -0.3 is 29.9 Å². The zero-order chi connectivity index (χ0) is 29.0. The van der Waals surface area contributed by atoms with Crippen LogP contribution >= 0.6 is 0 Å². The second kappa shape index (κ2) is 14.7. The van der Waals surface area contributed by atoms with Crippen molar-refractivity contribution in [2.24, 2.45) is 0 Å². The Bertz CT molecular complexity index is 1460. The average molecular weight is 556 g/mol. The fourth-order valence-corrected chi connectivity index (χ4v) is 4.71. The van der Waals surface area contributed by atoms with Gasteiger partial charge in [0, 0.05) is 36.5 Å². The lowest BCUT2D eigenvalue weighted by molar-refractivity contribution is -0.125. The van der Waals surface area contributed by atoms with Crippen molar-refractivity contribution in [1.29, 1.82) is 0 Å². The van der Waals surface area contributed by atoms with Crippen LogP contribution in [0.15, 0.2) is 79.0 Å². The van der Waals surface area contributed by atoms with Crippen LogP contribution in [0, 0.1) is 0 Å². The van der Waals surface area contributed by atoms with Crippen molar-refractivity contribution in [3.8, 4) is 11.5 Å². The van der Waals surface area contributed by atoms with E-state index in [2.05, 4.69) is 15.6 Å². The summed E-state index contributed by atoms with van der Waals surface area (Å²) in [5, 5.41) is 7.10. The first-order chi connectivity index (χ1) is 19.9. The van der Waals surface area contributed by atoms with Crippen LogP contribution in [0.4, 0.5) is 0 Å². The van der Waals surface area contributed by atoms with E-state index >= 15 is 0 Å². The quantitative estimate of drug-likeness (QED) is 0.199. The number of hydrogen-bond donors (Lipinski definition) is 3. The summed E-state index contributed by atoms with van der Waals surface area (Å²) < 4.78 is 11.1. The van der Waals surface area contributed by atoms with Crippen LogP contribution in [0.5, 0.6) is 11.5 Å². The van der Waals surface area contributed by atoms with Crippen LogP contribution in [-0.4, -0.2) is 48.9 Å². The molecule has 0 spiro atoms. The number of methoxy groups -OCH3 is 1. The number of hydrogen-bond acceptors (Lipinski definition) is 5. The topological polar surface area (TPSA) is 110 Å². The lowest BCUT2D eigenvalue weighted by Gasteiger charge is -2.20. The summed E-state index contributed by atoms with van der Waals surface area (Å²) in [6.45, 7) is 1.70. The third kappa shape index (κ3) is 8.96. The molecule has 3 aromatic carbocycles. The largest absolute Gasteiger partial charge is 0.496 e. The standard InChI is InChI=1S/C33H37N3O5/c1-23(37)11-12-24-13-16-28(17-14-24)41-22-33(39)36-27(19-26-20-34-30-9-5-4-8-29(26)30)21-35-32(38)18-15-25-7-3-6-10-31(25)40-2/h3-10,13-14,16-17,20,27,34H,11-12,15,18-19,21-22H2,1-2H3,(H,35,38)(H,36,39). The van der Waals surface area contributed by atoms with Gasteiger partial charge in [-0.25, -0.2) is 0 Å². The van der Waals surface area contributed by atoms with Crippen LogP contribution in [0.1, 0.15) is 36.5 Å². The minimum atomic E-state index is -0.338. The average Bonchev–Trinajstić information content (AvgIpc) is 3.40. The Kier molecular flexibility index (Phi) is 10.5. The number of benzene rings is 3. The monoisotopic (exact) mass is 555 g/mol. The van der Waals surface area contributed by atoms with Crippen LogP contribution in [0.25, 0.3) is 10.9 Å². The molecule has 2 amide bonds. The van der Waals surface area contributed by atoms with Gasteiger partial charge in [-0.1, -0.05) is 48.5 Å². The number of aromatic nitrogens is 1. The van der Waals surface area contributed by atoms with Gasteiger partial charge in [0.2, 0.25) is 5.91 Å². The molecule has 0 aliphatic carbocycles. The first kappa shape index (κ1) is 29.4. The molecule has 0 aliphatic heterocycles. The molecule has 214 valence electrons. The summed E-state index contributed by atoms with van der Waals surface area (Å²) in [4.78, 5) is 40.1. The molecule has 8 heteroatoms. The van der Waals surface area contributed by atoms with E-state index in [0.717, 1.165) is 33.3 Å². The van der Waals surface area contributed by atoms with E-state index in [4.69, 9.17) is 9.47 Å². The zero-order valence-electron chi connectivity index (χ0n) is 23.6. The Morgan fingerprint density at radius 1 is 0.854 bits per heavy atom. The molecule has 3 N–H and O–H groups in total. The fourth-order valence-electron chi connectivity index (χ4n) is 4.71. The molecule has 8 nitrogen and oxygen atoms in total. The summed E-state index contributed by atoms with van der Waals surface area (Å²) in [6.07, 6.45) is 4.51. The highest BCUT2D eigenvalue weighted by Crippen LogP contribution is 2.20. The molecular weight excluding hydrogens is 518 g/mol. The number of ketones is 1. The van der Waals surface area contributed by atoms with Crippen molar-refractivity contribution >= 4 is 28.5 Å². The highest BCUT2D eigenvalue weighted by Gasteiger charge is 2.17. The fraction of sp³-hybridized carbons (Fsp3) is 0.303. The highest BCUT2D eigenvalue weighted by atomic mass is 16.5. The third-order valence-electron chi connectivity index (χ3n) is 6.92. The van der Waals surface area contributed by atoms with Crippen molar-refractivity contribution in [2.45, 2.75) is 45.1 Å². The van der Waals surface area contributed by atoms with E-state index in [1.54, 1.807) is 26.2 Å². The third-order valence-corrected chi connectivity index (χ3v) is 6.92. The SMILES string of the molecule is COc1ccccc1CCC(=O)NCC(Cc1c[nH]c2ccccc12)NC(=O)COc1ccc(CCC(C)=O)cc1. The van der Waals surface area contributed by atoms with E-state index in [1.165, 1.54) is 0 Å². The molecule has 4 aromatic rings. The Morgan fingerprint density at radius 2 is 1.61 bits per heavy atom. The van der Waals surface area contributed by atoms with Gasteiger partial charge in [0.1, 0.15) is 17.3 Å². The molecule has 1 aromatic heterocycles. The number of H-pyrrole nitrogens is 1. The number of fused-ring (bicyclic) bond motifs is 1. The van der Waals surface area contributed by atoms with Crippen LogP contribution in [0.2, 0.25) is 0 Å². The van der Waals surface area contributed by atoms with E-state index < -0.39 is 0 Å². The van der Waals surface area contributed by atoms with Crippen LogP contribution < -0.4 is 20.1 Å². The maximum absolute atomic E-state index is 12.9. The van der Waals surface area contributed by atoms with E-state index in [1.807, 2.05) is 66.9 Å². The summed E-state index contributed by atoms with van der Waals surface area (Å²) >= 11 is 0. The number of rotatable bonds is 15. The number of amides is 2. The van der Waals surface area contributed by atoms with Crippen molar-refractivity contribution in [2.75, 3.05) is 20.3 Å². The van der Waals surface area contributed by atoms with Crippen molar-refractivity contribution in [3.05, 3.63) is 95.7 Å². The summed E-state index contributed by atoms with van der Waals surface area (Å²) in [7, 11) is 1.62. The molecule has 0 fully saturated rings. The Balaban J connectivity index is 1.34. The van der Waals surface area contributed by atoms with Gasteiger partial charge in [0.25, 0.3) is 5.91 Å². The van der Waals surface area contributed by atoms with Crippen LogP contribution in [0.3, 0.4) is 0 Å².